The van der Waals surface area contributed by atoms with Crippen LogP contribution in [0.1, 0.15) is 27.8 Å². The zero-order valence-corrected chi connectivity index (χ0v) is 23.2. The maximum absolute atomic E-state index is 13.7. The van der Waals surface area contributed by atoms with Crippen LogP contribution >= 0.6 is 0 Å². The van der Waals surface area contributed by atoms with Gasteiger partial charge in [-0.2, -0.15) is 26.3 Å². The van der Waals surface area contributed by atoms with Crippen LogP contribution in [0.3, 0.4) is 0 Å². The Labute approximate surface area is 244 Å². The van der Waals surface area contributed by atoms with Gasteiger partial charge in [0.15, 0.2) is 12.1 Å². The maximum atomic E-state index is 13.7. The van der Waals surface area contributed by atoms with Crippen LogP contribution in [0.5, 0.6) is 0 Å². The summed E-state index contributed by atoms with van der Waals surface area (Å²) in [4.78, 5) is 19.3. The molecule has 0 spiro atoms. The largest absolute Gasteiger partial charge is 0.458 e. The van der Waals surface area contributed by atoms with Crippen molar-refractivity contribution in [2.45, 2.75) is 38.0 Å². The number of hydroxylamine groups is 2. The van der Waals surface area contributed by atoms with Gasteiger partial charge < -0.3 is 9.64 Å². The van der Waals surface area contributed by atoms with Crippen LogP contribution < -0.4 is 5.32 Å². The van der Waals surface area contributed by atoms with Crippen LogP contribution in [0.15, 0.2) is 53.5 Å². The second-order valence-electron chi connectivity index (χ2n) is 10.8. The summed E-state index contributed by atoms with van der Waals surface area (Å²) in [5.74, 6) is -0.497. The molecule has 3 heterocycles. The lowest BCUT2D eigenvalue weighted by Gasteiger charge is -2.43. The fourth-order valence-electron chi connectivity index (χ4n) is 5.66. The number of carbonyl (C=O) groups is 1. The van der Waals surface area contributed by atoms with Gasteiger partial charge in [-0.15, -0.1) is 0 Å². The second kappa shape index (κ2) is 12.2. The monoisotopic (exact) mass is 611 g/mol. The number of halogens is 6. The Balaban J connectivity index is 1.60. The highest BCUT2D eigenvalue weighted by Crippen LogP contribution is 2.38. The average molecular weight is 612 g/mol. The number of benzene rings is 2. The summed E-state index contributed by atoms with van der Waals surface area (Å²) >= 11 is 0. The third-order valence-electron chi connectivity index (χ3n) is 7.97. The smallest absolute Gasteiger partial charge is 0.416 e. The highest BCUT2D eigenvalue weighted by Gasteiger charge is 2.42. The maximum Gasteiger partial charge on any atom is 0.416 e. The minimum absolute atomic E-state index is 0.0874. The molecule has 1 saturated heterocycles. The number of fused-ring (bicyclic) bond motifs is 1. The molecule has 3 atom stereocenters. The number of hydrogen-bond donors (Lipinski definition) is 2. The Morgan fingerprint density at radius 3 is 2.28 bits per heavy atom. The van der Waals surface area contributed by atoms with E-state index in [1.54, 1.807) is 23.1 Å². The van der Waals surface area contributed by atoms with E-state index in [1.165, 1.54) is 0 Å². The van der Waals surface area contributed by atoms with Crippen LogP contribution in [-0.4, -0.2) is 84.0 Å². The molecule has 2 aromatic carbocycles. The van der Waals surface area contributed by atoms with Gasteiger partial charge >= 0.3 is 12.4 Å². The van der Waals surface area contributed by atoms with E-state index < -0.39 is 41.7 Å². The lowest BCUT2D eigenvalue weighted by Crippen LogP contribution is -2.55. The topological polar surface area (TPSA) is 80.6 Å². The van der Waals surface area contributed by atoms with Gasteiger partial charge in [-0.1, -0.05) is 24.3 Å². The first kappa shape index (κ1) is 30.8. The quantitative estimate of drug-likeness (QED) is 0.386. The van der Waals surface area contributed by atoms with Crippen LogP contribution in [0, 0.1) is 12.8 Å². The molecule has 8 nitrogen and oxygen atoms in total. The number of aliphatic imine (C=N–C) groups is 1. The summed E-state index contributed by atoms with van der Waals surface area (Å²) in [5, 5.41) is 15.9. The molecule has 5 rings (SSSR count). The molecule has 43 heavy (non-hydrogen) atoms. The van der Waals surface area contributed by atoms with E-state index in [9.17, 15) is 36.3 Å². The normalized spacial score (nSPS) is 23.9. The predicted octanol–water partition coefficient (Wildman–Crippen LogP) is 4.38. The van der Waals surface area contributed by atoms with Gasteiger partial charge in [0.25, 0.3) is 0 Å². The summed E-state index contributed by atoms with van der Waals surface area (Å²) < 4.78 is 88.4. The van der Waals surface area contributed by atoms with E-state index >= 15 is 0 Å². The van der Waals surface area contributed by atoms with Crippen molar-refractivity contribution in [1.82, 2.24) is 20.2 Å². The van der Waals surface area contributed by atoms with Gasteiger partial charge in [-0.05, 0) is 48.7 Å². The fraction of sp³-hybridized carbons (Fsp3) is 0.448. The highest BCUT2D eigenvalue weighted by atomic mass is 19.4. The number of hydrogen-bond acceptors (Lipinski definition) is 7. The summed E-state index contributed by atoms with van der Waals surface area (Å²) in [6.07, 6.45) is -8.65. The van der Waals surface area contributed by atoms with Crippen molar-refractivity contribution >= 4 is 18.0 Å². The van der Waals surface area contributed by atoms with E-state index in [1.807, 2.05) is 24.0 Å². The van der Waals surface area contributed by atoms with Crippen molar-refractivity contribution in [3.05, 3.63) is 76.4 Å². The standard InChI is InChI=1S/C29H31F6N5O3/c1-18-4-2-3-5-22(18)25-14-26(39-8-6-38(17-41)7-9-39)43-27-23(15-36-16-37-27)24(40(25)42)12-19-10-20(28(30,31)32)13-21(11-19)29(33,34)35/h2-5,10-11,13-14,17,23-24,26,36,42H,6-9,12,15-16H2,1H3. The number of nitrogens with one attached hydrogen (secondary N) is 1. The van der Waals surface area contributed by atoms with Crippen LogP contribution in [-0.2, 0) is 28.3 Å². The first-order valence-electron chi connectivity index (χ1n) is 13.7. The number of ether oxygens (including phenoxy) is 1. The van der Waals surface area contributed by atoms with Crippen molar-refractivity contribution in [2.75, 3.05) is 39.4 Å². The predicted molar refractivity (Wildman–Crippen MR) is 145 cm³/mol. The lowest BCUT2D eigenvalue weighted by molar-refractivity contribution is -0.143. The minimum Gasteiger partial charge on any atom is -0.458 e. The van der Waals surface area contributed by atoms with Gasteiger partial charge in [-0.25, -0.2) is 4.99 Å². The van der Waals surface area contributed by atoms with E-state index in [2.05, 4.69) is 10.3 Å². The zero-order valence-electron chi connectivity index (χ0n) is 23.2. The molecule has 232 valence electrons. The van der Waals surface area contributed by atoms with Crippen molar-refractivity contribution in [3.8, 4) is 0 Å². The summed E-state index contributed by atoms with van der Waals surface area (Å²) in [5.41, 5.74) is -1.42. The van der Waals surface area contributed by atoms with Gasteiger partial charge in [0.05, 0.1) is 35.5 Å². The second-order valence-corrected chi connectivity index (χ2v) is 10.8. The number of piperazine rings is 1. The molecule has 1 fully saturated rings. The third kappa shape index (κ3) is 6.81. The molecular formula is C29H31F6N5O3. The van der Waals surface area contributed by atoms with E-state index in [-0.39, 0.29) is 37.2 Å². The number of rotatable bonds is 5. The van der Waals surface area contributed by atoms with Crippen LogP contribution in [0.2, 0.25) is 0 Å². The molecule has 14 heteroatoms. The first-order chi connectivity index (χ1) is 20.3. The van der Waals surface area contributed by atoms with Crippen molar-refractivity contribution in [2.24, 2.45) is 10.9 Å². The van der Waals surface area contributed by atoms with Crippen molar-refractivity contribution in [3.63, 3.8) is 0 Å². The van der Waals surface area contributed by atoms with E-state index in [4.69, 9.17) is 4.74 Å². The van der Waals surface area contributed by atoms with Gasteiger partial charge in [-0.3, -0.25) is 25.3 Å². The molecular weight excluding hydrogens is 580 g/mol. The van der Waals surface area contributed by atoms with E-state index in [0.29, 0.717) is 49.6 Å². The molecule has 0 aliphatic carbocycles. The lowest BCUT2D eigenvalue weighted by atomic mass is 9.89. The Morgan fingerprint density at radius 2 is 1.67 bits per heavy atom. The molecule has 0 bridgehead atoms. The zero-order chi connectivity index (χ0) is 30.9. The summed E-state index contributed by atoms with van der Waals surface area (Å²) in [7, 11) is 0. The summed E-state index contributed by atoms with van der Waals surface area (Å²) in [6.45, 7) is 4.07. The SMILES string of the molecule is Cc1ccccc1C1=CC(N2CCN(C=O)CC2)OC2=NCNCC2C(Cc2cc(C(F)(F)F)cc(C(F)(F)F)c2)N1O. The molecule has 0 radical (unpaired) electrons. The number of carbonyl (C=O) groups excluding carboxylic acids is 1. The molecule has 1 amide bonds. The van der Waals surface area contributed by atoms with Gasteiger partial charge in [0.1, 0.15) is 0 Å². The average Bonchev–Trinajstić information content (AvgIpc) is 2.97. The molecule has 0 saturated carbocycles. The van der Waals surface area contributed by atoms with Crippen LogP contribution in [0.25, 0.3) is 5.70 Å². The summed E-state index contributed by atoms with van der Waals surface area (Å²) in [6, 6.07) is 7.58. The van der Waals surface area contributed by atoms with Gasteiger partial charge in [0, 0.05) is 38.3 Å². The molecule has 0 aromatic heterocycles. The van der Waals surface area contributed by atoms with Crippen molar-refractivity contribution < 1.29 is 41.1 Å². The first-order valence-corrected chi connectivity index (χ1v) is 13.7. The Kier molecular flexibility index (Phi) is 8.72. The molecule has 3 aliphatic rings. The van der Waals surface area contributed by atoms with E-state index in [0.717, 1.165) is 17.0 Å². The Morgan fingerprint density at radius 1 is 1.02 bits per heavy atom. The molecule has 3 unspecified atom stereocenters. The minimum atomic E-state index is -5.01. The molecule has 3 aliphatic heterocycles. The number of alkyl halides is 6. The number of aryl methyl sites for hydroxylation is 1. The fourth-order valence-corrected chi connectivity index (χ4v) is 5.66. The molecule has 2 N–H and O–H groups in total. The Hall–Kier alpha value is -3.62. The van der Waals surface area contributed by atoms with Crippen molar-refractivity contribution in [1.29, 1.82) is 0 Å². The number of amides is 1. The third-order valence-corrected chi connectivity index (χ3v) is 7.97. The Bertz CT molecular complexity index is 1360. The highest BCUT2D eigenvalue weighted by molar-refractivity contribution is 5.82. The van der Waals surface area contributed by atoms with Gasteiger partial charge in [0.2, 0.25) is 6.41 Å². The molecule has 2 aromatic rings. The number of nitrogens with zero attached hydrogens (tertiary/aromatic N) is 4. The van der Waals surface area contributed by atoms with Crippen LogP contribution in [0.4, 0.5) is 26.3 Å².